The Morgan fingerprint density at radius 2 is 1.48 bits per heavy atom. The van der Waals surface area contributed by atoms with Gasteiger partial charge in [0.1, 0.15) is 5.75 Å². The maximum atomic E-state index is 12.7. The normalized spacial score (nSPS) is 13.7. The summed E-state index contributed by atoms with van der Waals surface area (Å²) in [7, 11) is 0. The molecule has 29 heavy (non-hydrogen) atoms. The molecule has 3 rings (SSSR count). The summed E-state index contributed by atoms with van der Waals surface area (Å²) in [5.74, 6) is 0.0690. The Labute approximate surface area is 173 Å². The van der Waals surface area contributed by atoms with Crippen molar-refractivity contribution in [3.05, 3.63) is 64.7 Å². The number of ether oxygens (including phenoxy) is 2. The molecule has 1 heterocycles. The molecule has 0 aromatic heterocycles. The quantitative estimate of drug-likeness (QED) is 0.563. The highest BCUT2D eigenvalue weighted by Crippen LogP contribution is 2.17. The predicted octanol–water partition coefficient (Wildman–Crippen LogP) is 3.47. The fourth-order valence-corrected chi connectivity index (χ4v) is 3.20. The molecule has 0 N–H and O–H groups in total. The molecule has 8 heteroatoms. The first-order chi connectivity index (χ1) is 14.0. The van der Waals surface area contributed by atoms with E-state index >= 15 is 0 Å². The lowest BCUT2D eigenvalue weighted by Gasteiger charge is -2.35. The Morgan fingerprint density at radius 1 is 0.897 bits per heavy atom. The van der Waals surface area contributed by atoms with E-state index in [4.69, 9.17) is 21.1 Å². The van der Waals surface area contributed by atoms with Crippen molar-refractivity contribution in [1.29, 1.82) is 0 Å². The summed E-state index contributed by atoms with van der Waals surface area (Å²) in [5.41, 5.74) is 1.02. The van der Waals surface area contributed by atoms with Gasteiger partial charge in [0, 0.05) is 42.3 Å². The Hall–Kier alpha value is -3.06. The van der Waals surface area contributed by atoms with E-state index in [1.807, 2.05) is 0 Å². The van der Waals surface area contributed by atoms with Crippen molar-refractivity contribution >= 4 is 29.6 Å². The van der Waals surface area contributed by atoms with Gasteiger partial charge < -0.3 is 19.3 Å². The summed E-state index contributed by atoms with van der Waals surface area (Å²) < 4.78 is 9.70. The maximum absolute atomic E-state index is 12.7. The molecule has 0 saturated carbocycles. The Bertz CT molecular complexity index is 892. The molecule has 2 aromatic rings. The van der Waals surface area contributed by atoms with Gasteiger partial charge in [-0.2, -0.15) is 0 Å². The van der Waals surface area contributed by atoms with Crippen LogP contribution in [0.2, 0.25) is 5.02 Å². The van der Waals surface area contributed by atoms with E-state index in [0.717, 1.165) is 0 Å². The molecule has 152 valence electrons. The lowest BCUT2D eigenvalue weighted by atomic mass is 10.1. The van der Waals surface area contributed by atoms with Gasteiger partial charge in [0.25, 0.3) is 11.8 Å². The maximum Gasteiger partial charge on any atom is 0.513 e. The van der Waals surface area contributed by atoms with Crippen LogP contribution in [0, 0.1) is 0 Å². The number of benzene rings is 2. The smallest absolute Gasteiger partial charge is 0.434 e. The van der Waals surface area contributed by atoms with Gasteiger partial charge in [-0.3, -0.25) is 9.59 Å². The Morgan fingerprint density at radius 3 is 2.03 bits per heavy atom. The van der Waals surface area contributed by atoms with Crippen molar-refractivity contribution in [1.82, 2.24) is 9.80 Å². The molecule has 0 atom stereocenters. The van der Waals surface area contributed by atoms with Crippen LogP contribution >= 0.6 is 11.6 Å². The van der Waals surface area contributed by atoms with E-state index < -0.39 is 6.16 Å². The van der Waals surface area contributed by atoms with Crippen LogP contribution in [0.1, 0.15) is 27.6 Å². The fourth-order valence-electron chi connectivity index (χ4n) is 3.01. The summed E-state index contributed by atoms with van der Waals surface area (Å²) in [6, 6.07) is 13.1. The van der Waals surface area contributed by atoms with Crippen LogP contribution < -0.4 is 4.74 Å². The zero-order chi connectivity index (χ0) is 20.8. The predicted molar refractivity (Wildman–Crippen MR) is 107 cm³/mol. The van der Waals surface area contributed by atoms with E-state index in [-0.39, 0.29) is 18.4 Å². The Kier molecular flexibility index (Phi) is 6.72. The average Bonchev–Trinajstić information content (AvgIpc) is 2.73. The van der Waals surface area contributed by atoms with E-state index in [1.54, 1.807) is 65.3 Å². The van der Waals surface area contributed by atoms with Gasteiger partial charge in [0.05, 0.1) is 6.61 Å². The number of nitrogens with zero attached hydrogens (tertiary/aromatic N) is 2. The average molecular weight is 417 g/mol. The monoisotopic (exact) mass is 416 g/mol. The number of hydrogen-bond donors (Lipinski definition) is 0. The minimum absolute atomic E-state index is 0.0972. The highest BCUT2D eigenvalue weighted by Gasteiger charge is 2.25. The number of hydrogen-bond acceptors (Lipinski definition) is 5. The first-order valence-electron chi connectivity index (χ1n) is 9.26. The van der Waals surface area contributed by atoms with E-state index in [0.29, 0.717) is 48.1 Å². The van der Waals surface area contributed by atoms with Crippen molar-refractivity contribution in [3.8, 4) is 5.75 Å². The molecule has 0 spiro atoms. The van der Waals surface area contributed by atoms with Gasteiger partial charge in [-0.15, -0.1) is 0 Å². The molecule has 0 radical (unpaired) electrons. The third-order valence-corrected chi connectivity index (χ3v) is 4.73. The van der Waals surface area contributed by atoms with Gasteiger partial charge in [-0.05, 0) is 49.4 Å². The van der Waals surface area contributed by atoms with Crippen molar-refractivity contribution in [3.63, 3.8) is 0 Å². The molecular formula is C21H21ClN2O5. The molecule has 0 aliphatic carbocycles. The summed E-state index contributed by atoms with van der Waals surface area (Å²) >= 11 is 5.96. The van der Waals surface area contributed by atoms with E-state index in [1.165, 1.54) is 0 Å². The molecule has 2 amide bonds. The second kappa shape index (κ2) is 9.43. The minimum atomic E-state index is -0.785. The zero-order valence-corrected chi connectivity index (χ0v) is 16.7. The second-order valence-corrected chi connectivity index (χ2v) is 6.84. The summed E-state index contributed by atoms with van der Waals surface area (Å²) in [4.78, 5) is 40.0. The van der Waals surface area contributed by atoms with Crippen molar-refractivity contribution < 1.29 is 23.9 Å². The lowest BCUT2D eigenvalue weighted by Crippen LogP contribution is -2.50. The number of carbonyl (C=O) groups excluding carboxylic acids is 3. The van der Waals surface area contributed by atoms with Crippen LogP contribution in [0.5, 0.6) is 5.75 Å². The zero-order valence-electron chi connectivity index (χ0n) is 16.0. The van der Waals surface area contributed by atoms with E-state index in [2.05, 4.69) is 0 Å². The summed E-state index contributed by atoms with van der Waals surface area (Å²) in [6.45, 7) is 3.67. The molecule has 0 unspecified atom stereocenters. The van der Waals surface area contributed by atoms with Gasteiger partial charge in [0.15, 0.2) is 0 Å². The van der Waals surface area contributed by atoms with Crippen molar-refractivity contribution in [2.75, 3.05) is 32.8 Å². The number of piperazine rings is 1. The third-order valence-electron chi connectivity index (χ3n) is 4.49. The fraction of sp³-hybridized carbons (Fsp3) is 0.286. The number of amides is 2. The second-order valence-electron chi connectivity index (χ2n) is 6.40. The molecule has 2 aromatic carbocycles. The minimum Gasteiger partial charge on any atom is -0.434 e. The summed E-state index contributed by atoms with van der Waals surface area (Å²) in [6.07, 6.45) is -0.785. The Balaban J connectivity index is 1.56. The van der Waals surface area contributed by atoms with Gasteiger partial charge in [0.2, 0.25) is 0 Å². The molecule has 1 aliphatic rings. The topological polar surface area (TPSA) is 76.2 Å². The molecule has 1 saturated heterocycles. The van der Waals surface area contributed by atoms with Crippen LogP contribution in [0.4, 0.5) is 4.79 Å². The number of halogens is 1. The van der Waals surface area contributed by atoms with Gasteiger partial charge >= 0.3 is 6.16 Å². The third kappa shape index (κ3) is 5.26. The van der Waals surface area contributed by atoms with Crippen molar-refractivity contribution in [2.45, 2.75) is 6.92 Å². The summed E-state index contributed by atoms with van der Waals surface area (Å²) in [5, 5.41) is 0.514. The first kappa shape index (κ1) is 20.7. The largest absolute Gasteiger partial charge is 0.513 e. The highest BCUT2D eigenvalue weighted by atomic mass is 35.5. The molecule has 7 nitrogen and oxygen atoms in total. The first-order valence-corrected chi connectivity index (χ1v) is 9.64. The van der Waals surface area contributed by atoms with Crippen LogP contribution in [0.3, 0.4) is 0 Å². The van der Waals surface area contributed by atoms with Crippen LogP contribution in [0.25, 0.3) is 0 Å². The van der Waals surface area contributed by atoms with Crippen LogP contribution in [-0.4, -0.2) is 60.6 Å². The highest BCUT2D eigenvalue weighted by molar-refractivity contribution is 6.30. The number of rotatable bonds is 4. The van der Waals surface area contributed by atoms with Gasteiger partial charge in [-0.25, -0.2) is 4.79 Å². The SMILES string of the molecule is CCOC(=O)Oc1ccc(C(=O)N2CCN(C(=O)c3cccc(Cl)c3)CC2)cc1. The van der Waals surface area contributed by atoms with Crippen LogP contribution in [0.15, 0.2) is 48.5 Å². The van der Waals surface area contributed by atoms with E-state index in [9.17, 15) is 14.4 Å². The van der Waals surface area contributed by atoms with Crippen LogP contribution in [-0.2, 0) is 4.74 Å². The standard InChI is InChI=1S/C21H21ClN2O5/c1-2-28-21(27)29-18-8-6-15(7-9-18)19(25)23-10-12-24(13-11-23)20(26)16-4-3-5-17(22)14-16/h3-9,14H,2,10-13H2,1H3. The van der Waals surface area contributed by atoms with Gasteiger partial charge in [-0.1, -0.05) is 17.7 Å². The molecule has 1 fully saturated rings. The molecule has 0 bridgehead atoms. The molecular weight excluding hydrogens is 396 g/mol. The number of carbonyl (C=O) groups is 3. The van der Waals surface area contributed by atoms with Crippen molar-refractivity contribution in [2.24, 2.45) is 0 Å². The molecule has 1 aliphatic heterocycles. The lowest BCUT2D eigenvalue weighted by molar-refractivity contribution is 0.0535.